The molecule has 0 saturated carbocycles. The Morgan fingerprint density at radius 1 is 1.21 bits per heavy atom. The van der Waals surface area contributed by atoms with E-state index in [1.54, 1.807) is 0 Å². The molecule has 0 rings (SSSR count). The SMILES string of the molecule is CCC(C)NC(=O)N(C)C(CC)CC. The maximum absolute atomic E-state index is 11.7. The van der Waals surface area contributed by atoms with Crippen molar-refractivity contribution in [2.24, 2.45) is 0 Å². The monoisotopic (exact) mass is 200 g/mol. The minimum Gasteiger partial charge on any atom is -0.336 e. The Kier molecular flexibility index (Phi) is 6.34. The molecule has 0 aromatic carbocycles. The fourth-order valence-corrected chi connectivity index (χ4v) is 1.42. The van der Waals surface area contributed by atoms with E-state index < -0.39 is 0 Å². The van der Waals surface area contributed by atoms with Gasteiger partial charge in [-0.25, -0.2) is 4.79 Å². The molecular weight excluding hydrogens is 176 g/mol. The predicted octanol–water partition coefficient (Wildman–Crippen LogP) is 2.61. The normalized spacial score (nSPS) is 12.7. The van der Waals surface area contributed by atoms with Crippen LogP contribution in [0.1, 0.15) is 47.0 Å². The van der Waals surface area contributed by atoms with Gasteiger partial charge in [0.2, 0.25) is 0 Å². The Labute approximate surface area is 87.9 Å². The zero-order valence-electron chi connectivity index (χ0n) is 10.1. The van der Waals surface area contributed by atoms with Gasteiger partial charge in [0.25, 0.3) is 0 Å². The Bertz CT molecular complexity index is 167. The van der Waals surface area contributed by atoms with Crippen LogP contribution in [0, 0.1) is 0 Å². The highest BCUT2D eigenvalue weighted by atomic mass is 16.2. The van der Waals surface area contributed by atoms with Crippen LogP contribution >= 0.6 is 0 Å². The zero-order valence-corrected chi connectivity index (χ0v) is 10.1. The highest BCUT2D eigenvalue weighted by Crippen LogP contribution is 2.06. The number of hydrogen-bond acceptors (Lipinski definition) is 1. The lowest BCUT2D eigenvalue weighted by Gasteiger charge is -2.27. The van der Waals surface area contributed by atoms with Crippen molar-refractivity contribution in [2.45, 2.75) is 59.0 Å². The van der Waals surface area contributed by atoms with Gasteiger partial charge >= 0.3 is 6.03 Å². The predicted molar refractivity (Wildman–Crippen MR) is 60.4 cm³/mol. The van der Waals surface area contributed by atoms with Crippen molar-refractivity contribution in [1.29, 1.82) is 0 Å². The first-order chi connectivity index (χ1) is 6.56. The number of carbonyl (C=O) groups is 1. The molecule has 0 aliphatic rings. The molecule has 0 spiro atoms. The van der Waals surface area contributed by atoms with Crippen LogP contribution in [0.4, 0.5) is 4.79 Å². The number of rotatable bonds is 5. The summed E-state index contributed by atoms with van der Waals surface area (Å²) in [7, 11) is 1.87. The molecule has 0 bridgehead atoms. The lowest BCUT2D eigenvalue weighted by atomic mass is 10.1. The van der Waals surface area contributed by atoms with E-state index in [1.807, 2.05) is 18.9 Å². The molecule has 1 N–H and O–H groups in total. The molecule has 0 aromatic heterocycles. The number of urea groups is 1. The van der Waals surface area contributed by atoms with Gasteiger partial charge in [-0.15, -0.1) is 0 Å². The van der Waals surface area contributed by atoms with Gasteiger partial charge in [-0.3, -0.25) is 0 Å². The highest BCUT2D eigenvalue weighted by Gasteiger charge is 2.17. The third kappa shape index (κ3) is 3.99. The molecule has 0 aromatic rings. The van der Waals surface area contributed by atoms with Gasteiger partial charge in [0.1, 0.15) is 0 Å². The van der Waals surface area contributed by atoms with Gasteiger partial charge < -0.3 is 10.2 Å². The van der Waals surface area contributed by atoms with Crippen LogP contribution in [0.5, 0.6) is 0 Å². The quantitative estimate of drug-likeness (QED) is 0.727. The van der Waals surface area contributed by atoms with Crippen molar-refractivity contribution in [2.75, 3.05) is 7.05 Å². The first-order valence-corrected chi connectivity index (χ1v) is 5.60. The lowest BCUT2D eigenvalue weighted by molar-refractivity contribution is 0.183. The second-order valence-electron chi connectivity index (χ2n) is 3.84. The van der Waals surface area contributed by atoms with Crippen LogP contribution in [-0.4, -0.2) is 30.1 Å². The van der Waals surface area contributed by atoms with E-state index >= 15 is 0 Å². The fraction of sp³-hybridized carbons (Fsp3) is 0.909. The van der Waals surface area contributed by atoms with Crippen LogP contribution < -0.4 is 5.32 Å². The fourth-order valence-electron chi connectivity index (χ4n) is 1.42. The molecule has 0 aliphatic carbocycles. The molecule has 3 heteroatoms. The van der Waals surface area contributed by atoms with E-state index in [9.17, 15) is 4.79 Å². The first-order valence-electron chi connectivity index (χ1n) is 5.60. The third-order valence-corrected chi connectivity index (χ3v) is 2.79. The smallest absolute Gasteiger partial charge is 0.317 e. The van der Waals surface area contributed by atoms with E-state index in [0.717, 1.165) is 19.3 Å². The summed E-state index contributed by atoms with van der Waals surface area (Å²) >= 11 is 0. The summed E-state index contributed by atoms with van der Waals surface area (Å²) in [6.07, 6.45) is 3.00. The summed E-state index contributed by atoms with van der Waals surface area (Å²) in [6.45, 7) is 8.32. The lowest BCUT2D eigenvalue weighted by Crippen LogP contribution is -2.46. The first kappa shape index (κ1) is 13.3. The van der Waals surface area contributed by atoms with Crippen LogP contribution in [0.25, 0.3) is 0 Å². The van der Waals surface area contributed by atoms with Crippen LogP contribution in [-0.2, 0) is 0 Å². The molecule has 3 nitrogen and oxygen atoms in total. The maximum Gasteiger partial charge on any atom is 0.317 e. The average Bonchev–Trinajstić information content (AvgIpc) is 2.19. The summed E-state index contributed by atoms with van der Waals surface area (Å²) in [5.74, 6) is 0. The molecule has 2 amide bonds. The molecule has 1 unspecified atom stereocenters. The summed E-state index contributed by atoms with van der Waals surface area (Å²) < 4.78 is 0. The molecule has 0 radical (unpaired) electrons. The topological polar surface area (TPSA) is 32.3 Å². The molecular formula is C11H24N2O. The number of hydrogen-bond donors (Lipinski definition) is 1. The number of amides is 2. The van der Waals surface area contributed by atoms with Gasteiger partial charge in [-0.2, -0.15) is 0 Å². The largest absolute Gasteiger partial charge is 0.336 e. The van der Waals surface area contributed by atoms with Crippen LogP contribution in [0.15, 0.2) is 0 Å². The van der Waals surface area contributed by atoms with E-state index in [-0.39, 0.29) is 12.1 Å². The molecule has 0 fully saturated rings. The summed E-state index contributed by atoms with van der Waals surface area (Å²) in [5.41, 5.74) is 0. The molecule has 84 valence electrons. The van der Waals surface area contributed by atoms with Crippen molar-refractivity contribution in [3.63, 3.8) is 0 Å². The van der Waals surface area contributed by atoms with Crippen LogP contribution in [0.3, 0.4) is 0 Å². The number of nitrogens with one attached hydrogen (secondary N) is 1. The third-order valence-electron chi connectivity index (χ3n) is 2.79. The van der Waals surface area contributed by atoms with E-state index in [2.05, 4.69) is 26.1 Å². The second-order valence-corrected chi connectivity index (χ2v) is 3.84. The Morgan fingerprint density at radius 3 is 2.07 bits per heavy atom. The van der Waals surface area contributed by atoms with Gasteiger partial charge in [-0.05, 0) is 26.2 Å². The van der Waals surface area contributed by atoms with Crippen molar-refractivity contribution < 1.29 is 4.79 Å². The second kappa shape index (κ2) is 6.68. The highest BCUT2D eigenvalue weighted by molar-refractivity contribution is 5.74. The summed E-state index contributed by atoms with van der Waals surface area (Å²) in [4.78, 5) is 13.5. The van der Waals surface area contributed by atoms with Crippen molar-refractivity contribution in [3.8, 4) is 0 Å². The molecule has 1 atom stereocenters. The summed E-state index contributed by atoms with van der Waals surface area (Å²) in [6, 6.07) is 0.673. The van der Waals surface area contributed by atoms with Crippen molar-refractivity contribution in [1.82, 2.24) is 10.2 Å². The number of carbonyl (C=O) groups excluding carboxylic acids is 1. The van der Waals surface area contributed by atoms with Gasteiger partial charge in [-0.1, -0.05) is 20.8 Å². The Morgan fingerprint density at radius 2 is 1.71 bits per heavy atom. The molecule has 14 heavy (non-hydrogen) atoms. The minimum atomic E-state index is 0.0491. The Balaban J connectivity index is 4.09. The number of nitrogens with zero attached hydrogens (tertiary/aromatic N) is 1. The molecule has 0 saturated heterocycles. The Hall–Kier alpha value is -0.730. The van der Waals surface area contributed by atoms with Gasteiger partial charge in [0.05, 0.1) is 0 Å². The van der Waals surface area contributed by atoms with E-state index in [1.165, 1.54) is 0 Å². The van der Waals surface area contributed by atoms with E-state index in [4.69, 9.17) is 0 Å². The van der Waals surface area contributed by atoms with E-state index in [0.29, 0.717) is 6.04 Å². The standard InChI is InChI=1S/C11H24N2O/c1-6-9(4)12-11(14)13(5)10(7-2)8-3/h9-10H,6-8H2,1-5H3,(H,12,14). The molecule has 0 aliphatic heterocycles. The van der Waals surface area contributed by atoms with Crippen molar-refractivity contribution in [3.05, 3.63) is 0 Å². The van der Waals surface area contributed by atoms with Gasteiger partial charge in [0.15, 0.2) is 0 Å². The summed E-state index contributed by atoms with van der Waals surface area (Å²) in [5, 5.41) is 2.97. The van der Waals surface area contributed by atoms with Crippen LogP contribution in [0.2, 0.25) is 0 Å². The molecule has 0 heterocycles. The maximum atomic E-state index is 11.7. The van der Waals surface area contributed by atoms with Gasteiger partial charge in [0, 0.05) is 19.1 Å². The average molecular weight is 200 g/mol. The van der Waals surface area contributed by atoms with Crippen molar-refractivity contribution >= 4 is 6.03 Å². The zero-order chi connectivity index (χ0) is 11.1. The minimum absolute atomic E-state index is 0.0491.